The average Bonchev–Trinajstić information content (AvgIpc) is 3.45. The summed E-state index contributed by atoms with van der Waals surface area (Å²) in [4.78, 5) is 23.8. The van der Waals surface area contributed by atoms with E-state index >= 15 is 0 Å². The fourth-order valence-corrected chi connectivity index (χ4v) is 4.59. The molecule has 0 bridgehead atoms. The van der Waals surface area contributed by atoms with Gasteiger partial charge in [0.1, 0.15) is 11.5 Å². The van der Waals surface area contributed by atoms with Crippen LogP contribution in [-0.2, 0) is 11.3 Å². The molecule has 0 unspecified atom stereocenters. The van der Waals surface area contributed by atoms with Crippen LogP contribution >= 0.6 is 11.3 Å². The average molecular weight is 451 g/mol. The van der Waals surface area contributed by atoms with Crippen molar-refractivity contribution in [2.24, 2.45) is 0 Å². The lowest BCUT2D eigenvalue weighted by atomic mass is 10.1. The minimum atomic E-state index is -0.125. The summed E-state index contributed by atoms with van der Waals surface area (Å²) in [6.07, 6.45) is 6.23. The van der Waals surface area contributed by atoms with Gasteiger partial charge in [0.15, 0.2) is 11.7 Å². The molecule has 4 rings (SSSR count). The number of aromatic nitrogens is 3. The van der Waals surface area contributed by atoms with Crippen molar-refractivity contribution in [3.8, 4) is 11.5 Å². The number of carbonyl (C=O) groups excluding carboxylic acids is 1. The zero-order valence-electron chi connectivity index (χ0n) is 18.4. The van der Waals surface area contributed by atoms with Crippen LogP contribution in [0.1, 0.15) is 17.5 Å². The first-order chi connectivity index (χ1) is 15.5. The number of aryl methyl sites for hydroxylation is 3. The first-order valence-electron chi connectivity index (χ1n) is 10.4. The second-order valence-electron chi connectivity index (χ2n) is 7.59. The first kappa shape index (κ1) is 21.8. The molecule has 0 atom stereocenters. The van der Waals surface area contributed by atoms with Crippen molar-refractivity contribution in [2.75, 3.05) is 25.2 Å². The molecule has 2 heterocycles. The number of thiazole rings is 1. The van der Waals surface area contributed by atoms with E-state index in [2.05, 4.69) is 31.0 Å². The molecule has 0 aliphatic carbocycles. The van der Waals surface area contributed by atoms with Crippen LogP contribution in [-0.4, -0.2) is 40.7 Å². The van der Waals surface area contributed by atoms with Gasteiger partial charge in [-0.25, -0.2) is 9.97 Å². The van der Waals surface area contributed by atoms with E-state index < -0.39 is 0 Å². The third kappa shape index (κ3) is 5.08. The van der Waals surface area contributed by atoms with Gasteiger partial charge in [-0.1, -0.05) is 17.4 Å². The summed E-state index contributed by atoms with van der Waals surface area (Å²) in [5.41, 5.74) is 3.25. The minimum Gasteiger partial charge on any atom is -0.497 e. The number of fused-ring (bicyclic) bond motifs is 1. The van der Waals surface area contributed by atoms with Gasteiger partial charge in [0.25, 0.3) is 5.91 Å². The molecule has 166 valence electrons. The third-order valence-electron chi connectivity index (χ3n) is 5.12. The molecule has 4 aromatic rings. The second kappa shape index (κ2) is 9.82. The van der Waals surface area contributed by atoms with E-state index in [0.717, 1.165) is 34.5 Å². The van der Waals surface area contributed by atoms with Crippen molar-refractivity contribution >= 4 is 32.6 Å². The van der Waals surface area contributed by atoms with Gasteiger partial charge < -0.3 is 14.0 Å². The number of benzene rings is 2. The summed E-state index contributed by atoms with van der Waals surface area (Å²) >= 11 is 1.55. The van der Waals surface area contributed by atoms with E-state index in [1.807, 2.05) is 10.8 Å². The number of methoxy groups -OCH3 is 1. The summed E-state index contributed by atoms with van der Waals surface area (Å²) in [6.45, 7) is 5.38. The highest BCUT2D eigenvalue weighted by atomic mass is 32.1. The molecule has 0 saturated heterocycles. The highest BCUT2D eigenvalue weighted by Gasteiger charge is 2.21. The van der Waals surface area contributed by atoms with Crippen molar-refractivity contribution in [3.63, 3.8) is 0 Å². The third-order valence-corrected chi connectivity index (χ3v) is 6.35. The molecule has 32 heavy (non-hydrogen) atoms. The summed E-state index contributed by atoms with van der Waals surface area (Å²) in [6, 6.07) is 11.4. The van der Waals surface area contributed by atoms with E-state index in [1.54, 1.807) is 60.1 Å². The molecular formula is C24H26N4O3S. The van der Waals surface area contributed by atoms with Gasteiger partial charge in [-0.15, -0.1) is 0 Å². The van der Waals surface area contributed by atoms with Gasteiger partial charge in [0.2, 0.25) is 0 Å². The number of nitrogens with zero attached hydrogens (tertiary/aromatic N) is 4. The normalized spacial score (nSPS) is 11.0. The number of rotatable bonds is 9. The Hall–Kier alpha value is -3.39. The van der Waals surface area contributed by atoms with E-state index in [0.29, 0.717) is 17.4 Å². The predicted octanol–water partition coefficient (Wildman–Crippen LogP) is 4.62. The quantitative estimate of drug-likeness (QED) is 0.372. The number of anilines is 1. The fraction of sp³-hybridized carbons (Fsp3) is 0.292. The summed E-state index contributed by atoms with van der Waals surface area (Å²) < 4.78 is 14.0. The number of hydrogen-bond donors (Lipinski definition) is 0. The van der Waals surface area contributed by atoms with Gasteiger partial charge in [0.05, 0.1) is 23.7 Å². The molecule has 1 amide bonds. The lowest BCUT2D eigenvalue weighted by Crippen LogP contribution is -2.36. The number of carbonyl (C=O) groups is 1. The Morgan fingerprint density at radius 3 is 2.66 bits per heavy atom. The van der Waals surface area contributed by atoms with Gasteiger partial charge in [-0.3, -0.25) is 9.69 Å². The number of hydrogen-bond acceptors (Lipinski definition) is 6. The van der Waals surface area contributed by atoms with Gasteiger partial charge in [0, 0.05) is 25.5 Å². The molecule has 0 spiro atoms. The smallest absolute Gasteiger partial charge is 0.266 e. The molecule has 0 fully saturated rings. The zero-order chi connectivity index (χ0) is 22.5. The van der Waals surface area contributed by atoms with Crippen LogP contribution in [0.4, 0.5) is 5.13 Å². The SMILES string of the molecule is COc1ccc(OCC(=O)N(CCCn2ccnc2)c2nc3cc(C)cc(C)c3s2)cc1. The van der Waals surface area contributed by atoms with Crippen molar-refractivity contribution < 1.29 is 14.3 Å². The van der Waals surface area contributed by atoms with Crippen molar-refractivity contribution in [2.45, 2.75) is 26.8 Å². The van der Waals surface area contributed by atoms with Gasteiger partial charge in [-0.05, 0) is 61.7 Å². The van der Waals surface area contributed by atoms with Crippen LogP contribution in [0, 0.1) is 13.8 Å². The Bertz CT molecular complexity index is 1190. The molecule has 0 radical (unpaired) electrons. The lowest BCUT2D eigenvalue weighted by Gasteiger charge is -2.20. The molecule has 2 aromatic carbocycles. The van der Waals surface area contributed by atoms with Crippen molar-refractivity contribution in [3.05, 3.63) is 66.2 Å². The number of ether oxygens (including phenoxy) is 2. The van der Waals surface area contributed by atoms with Gasteiger partial charge >= 0.3 is 0 Å². The first-order valence-corrected chi connectivity index (χ1v) is 11.3. The summed E-state index contributed by atoms with van der Waals surface area (Å²) in [5, 5.41) is 0.697. The van der Waals surface area contributed by atoms with Crippen LogP contribution in [0.2, 0.25) is 0 Å². The zero-order valence-corrected chi connectivity index (χ0v) is 19.3. The molecule has 0 aliphatic heterocycles. The molecule has 8 heteroatoms. The molecule has 7 nitrogen and oxygen atoms in total. The lowest BCUT2D eigenvalue weighted by molar-refractivity contribution is -0.120. The highest BCUT2D eigenvalue weighted by Crippen LogP contribution is 2.32. The van der Waals surface area contributed by atoms with Crippen LogP contribution in [0.15, 0.2) is 55.1 Å². The molecular weight excluding hydrogens is 424 g/mol. The monoisotopic (exact) mass is 450 g/mol. The van der Waals surface area contributed by atoms with Crippen molar-refractivity contribution in [1.29, 1.82) is 0 Å². The van der Waals surface area contributed by atoms with E-state index in [-0.39, 0.29) is 12.5 Å². The van der Waals surface area contributed by atoms with E-state index in [1.165, 1.54) is 5.56 Å². The second-order valence-corrected chi connectivity index (χ2v) is 8.57. The Balaban J connectivity index is 1.52. The Kier molecular flexibility index (Phi) is 6.70. The maximum Gasteiger partial charge on any atom is 0.266 e. The van der Waals surface area contributed by atoms with Crippen LogP contribution in [0.5, 0.6) is 11.5 Å². The molecule has 0 saturated carbocycles. The minimum absolute atomic E-state index is 0.0641. The fourth-order valence-electron chi connectivity index (χ4n) is 3.53. The molecule has 0 aliphatic rings. The predicted molar refractivity (Wildman–Crippen MR) is 127 cm³/mol. The van der Waals surface area contributed by atoms with Crippen molar-refractivity contribution in [1.82, 2.24) is 14.5 Å². The highest BCUT2D eigenvalue weighted by molar-refractivity contribution is 7.22. The Morgan fingerprint density at radius 2 is 1.94 bits per heavy atom. The summed E-state index contributed by atoms with van der Waals surface area (Å²) in [5.74, 6) is 1.23. The van der Waals surface area contributed by atoms with E-state index in [4.69, 9.17) is 14.5 Å². The summed E-state index contributed by atoms with van der Waals surface area (Å²) in [7, 11) is 1.61. The maximum atomic E-state index is 13.2. The van der Waals surface area contributed by atoms with E-state index in [9.17, 15) is 4.79 Å². The van der Waals surface area contributed by atoms with Crippen LogP contribution in [0.25, 0.3) is 10.2 Å². The Morgan fingerprint density at radius 1 is 1.16 bits per heavy atom. The molecule has 0 N–H and O–H groups in total. The van der Waals surface area contributed by atoms with Crippen LogP contribution < -0.4 is 14.4 Å². The topological polar surface area (TPSA) is 69.5 Å². The largest absolute Gasteiger partial charge is 0.497 e. The Labute approximate surface area is 191 Å². The van der Waals surface area contributed by atoms with Gasteiger partial charge in [-0.2, -0.15) is 0 Å². The standard InChI is InChI=1S/C24H26N4O3S/c1-17-13-18(2)23-21(14-17)26-24(32-23)28(11-4-10-27-12-9-25-16-27)22(29)15-31-20-7-5-19(30-3)6-8-20/h5-9,12-14,16H,4,10-11,15H2,1-3H3. The number of imidazole rings is 1. The molecule has 2 aromatic heterocycles. The number of amides is 1. The maximum absolute atomic E-state index is 13.2. The van der Waals surface area contributed by atoms with Crippen LogP contribution in [0.3, 0.4) is 0 Å².